The number of halogens is 2. The Labute approximate surface area is 166 Å². The Morgan fingerprint density at radius 2 is 2.00 bits per heavy atom. The molecule has 0 radical (unpaired) electrons. The number of nitrogens with one attached hydrogen (secondary N) is 1. The molecule has 0 saturated heterocycles. The molecule has 1 aliphatic carbocycles. The molecule has 1 unspecified atom stereocenters. The van der Waals surface area contributed by atoms with E-state index in [0.717, 1.165) is 5.56 Å². The number of carbonyl (C=O) groups excluding carboxylic acids is 1. The van der Waals surface area contributed by atoms with Gasteiger partial charge in [-0.1, -0.05) is 35.9 Å². The smallest absolute Gasteiger partial charge is 0.254 e. The van der Waals surface area contributed by atoms with Crippen molar-refractivity contribution in [1.82, 2.24) is 15.4 Å². The highest BCUT2D eigenvalue weighted by Crippen LogP contribution is 2.41. The first-order chi connectivity index (χ1) is 13.5. The molecule has 1 aliphatic rings. The van der Waals surface area contributed by atoms with Crippen molar-refractivity contribution in [2.24, 2.45) is 0 Å². The fourth-order valence-electron chi connectivity index (χ4n) is 3.89. The van der Waals surface area contributed by atoms with Gasteiger partial charge in [-0.15, -0.1) is 0 Å². The molecule has 2 aromatic carbocycles. The van der Waals surface area contributed by atoms with Crippen molar-refractivity contribution >= 4 is 17.5 Å². The molecule has 1 atom stereocenters. The van der Waals surface area contributed by atoms with Gasteiger partial charge in [0.2, 0.25) is 0 Å². The van der Waals surface area contributed by atoms with Gasteiger partial charge in [0.05, 0.1) is 10.4 Å². The lowest BCUT2D eigenvalue weighted by Gasteiger charge is -2.28. The van der Waals surface area contributed by atoms with E-state index in [2.05, 4.69) is 9.97 Å². The SMILES string of the molecule is Cc1c(F)cccc1C1(C(=O)NO)Cc2cnc(-c3ccccc3Cl)nc2C1. The van der Waals surface area contributed by atoms with Gasteiger partial charge in [0, 0.05) is 23.9 Å². The fraction of sp³-hybridized carbons (Fsp3) is 0.190. The van der Waals surface area contributed by atoms with E-state index in [1.54, 1.807) is 36.8 Å². The molecule has 1 aromatic heterocycles. The predicted molar refractivity (Wildman–Crippen MR) is 103 cm³/mol. The molecular formula is C21H17ClFN3O2. The molecule has 28 heavy (non-hydrogen) atoms. The minimum atomic E-state index is -1.16. The Hall–Kier alpha value is -2.83. The zero-order valence-electron chi connectivity index (χ0n) is 15.0. The molecule has 5 nitrogen and oxygen atoms in total. The minimum Gasteiger partial charge on any atom is -0.289 e. The topological polar surface area (TPSA) is 75.1 Å². The molecule has 0 fully saturated rings. The van der Waals surface area contributed by atoms with Gasteiger partial charge in [-0.05, 0) is 48.2 Å². The first-order valence-electron chi connectivity index (χ1n) is 8.76. The second-order valence-corrected chi connectivity index (χ2v) is 7.34. The molecule has 7 heteroatoms. The Balaban J connectivity index is 1.82. The lowest BCUT2D eigenvalue weighted by Crippen LogP contribution is -2.44. The normalized spacial score (nSPS) is 18.0. The van der Waals surface area contributed by atoms with E-state index in [1.165, 1.54) is 6.07 Å². The molecule has 0 bridgehead atoms. The van der Waals surface area contributed by atoms with Crippen LogP contribution >= 0.6 is 11.6 Å². The van der Waals surface area contributed by atoms with E-state index in [0.29, 0.717) is 33.2 Å². The fourth-order valence-corrected chi connectivity index (χ4v) is 4.12. The van der Waals surface area contributed by atoms with Crippen molar-refractivity contribution in [1.29, 1.82) is 0 Å². The third kappa shape index (κ3) is 2.85. The first kappa shape index (κ1) is 18.5. The summed E-state index contributed by atoms with van der Waals surface area (Å²) in [7, 11) is 0. The van der Waals surface area contributed by atoms with Gasteiger partial charge < -0.3 is 0 Å². The summed E-state index contributed by atoms with van der Waals surface area (Å²) in [5.41, 5.74) is 3.65. The standard InChI is InChI=1S/C21H17ClFN3O2/c1-12-15(6-4-8-17(12)23)21(20(27)26-28)9-13-11-24-19(25-18(13)10-21)14-5-2-3-7-16(14)22/h2-8,11,28H,9-10H2,1H3,(H,26,27). The van der Waals surface area contributed by atoms with Crippen LogP contribution in [0.2, 0.25) is 5.02 Å². The van der Waals surface area contributed by atoms with Crippen LogP contribution in [0.25, 0.3) is 11.4 Å². The van der Waals surface area contributed by atoms with Crippen molar-refractivity contribution < 1.29 is 14.4 Å². The monoisotopic (exact) mass is 397 g/mol. The largest absolute Gasteiger partial charge is 0.289 e. The number of fused-ring (bicyclic) bond motifs is 1. The quantitative estimate of drug-likeness (QED) is 0.521. The van der Waals surface area contributed by atoms with Gasteiger partial charge in [-0.2, -0.15) is 0 Å². The van der Waals surface area contributed by atoms with E-state index in [-0.39, 0.29) is 12.8 Å². The van der Waals surface area contributed by atoms with Gasteiger partial charge in [-0.25, -0.2) is 19.8 Å². The van der Waals surface area contributed by atoms with E-state index in [1.807, 2.05) is 18.2 Å². The van der Waals surface area contributed by atoms with Gasteiger partial charge in [-0.3, -0.25) is 10.0 Å². The third-order valence-corrected chi connectivity index (χ3v) is 5.68. The number of carbonyl (C=O) groups is 1. The van der Waals surface area contributed by atoms with Crippen LogP contribution in [0.1, 0.15) is 22.4 Å². The average Bonchev–Trinajstić information content (AvgIpc) is 3.09. The maximum atomic E-state index is 14.2. The highest BCUT2D eigenvalue weighted by Gasteiger charge is 2.47. The maximum Gasteiger partial charge on any atom is 0.254 e. The number of rotatable bonds is 3. The number of hydrogen-bond acceptors (Lipinski definition) is 4. The highest BCUT2D eigenvalue weighted by molar-refractivity contribution is 6.33. The maximum absolute atomic E-state index is 14.2. The second-order valence-electron chi connectivity index (χ2n) is 6.93. The van der Waals surface area contributed by atoms with Gasteiger partial charge in [0.25, 0.3) is 5.91 Å². The van der Waals surface area contributed by atoms with Crippen LogP contribution in [-0.4, -0.2) is 21.1 Å². The van der Waals surface area contributed by atoms with Crippen LogP contribution in [0, 0.1) is 12.7 Å². The van der Waals surface area contributed by atoms with E-state index >= 15 is 0 Å². The summed E-state index contributed by atoms with van der Waals surface area (Å²) in [6.07, 6.45) is 2.16. The summed E-state index contributed by atoms with van der Waals surface area (Å²) in [5, 5.41) is 9.91. The van der Waals surface area contributed by atoms with Crippen LogP contribution in [0.3, 0.4) is 0 Å². The van der Waals surface area contributed by atoms with Gasteiger partial charge >= 0.3 is 0 Å². The molecule has 0 aliphatic heterocycles. The summed E-state index contributed by atoms with van der Waals surface area (Å²) in [5.74, 6) is -0.541. The Morgan fingerprint density at radius 1 is 1.21 bits per heavy atom. The van der Waals surface area contributed by atoms with Crippen molar-refractivity contribution in [3.05, 3.63) is 81.9 Å². The predicted octanol–water partition coefficient (Wildman–Crippen LogP) is 3.79. The number of amides is 1. The number of benzene rings is 2. The molecule has 3 aromatic rings. The summed E-state index contributed by atoms with van der Waals surface area (Å²) < 4.78 is 14.2. The average molecular weight is 398 g/mol. The van der Waals surface area contributed by atoms with E-state index in [9.17, 15) is 14.4 Å². The van der Waals surface area contributed by atoms with Crippen LogP contribution in [-0.2, 0) is 23.1 Å². The van der Waals surface area contributed by atoms with Crippen molar-refractivity contribution in [2.75, 3.05) is 0 Å². The van der Waals surface area contributed by atoms with Crippen molar-refractivity contribution in [2.45, 2.75) is 25.2 Å². The molecule has 0 saturated carbocycles. The van der Waals surface area contributed by atoms with Crippen LogP contribution in [0.4, 0.5) is 4.39 Å². The summed E-state index contributed by atoms with van der Waals surface area (Å²) in [6, 6.07) is 11.9. The van der Waals surface area contributed by atoms with Crippen LogP contribution < -0.4 is 5.48 Å². The molecule has 1 heterocycles. The Kier molecular flexibility index (Phi) is 4.61. The zero-order valence-corrected chi connectivity index (χ0v) is 15.8. The first-order valence-corrected chi connectivity index (χ1v) is 9.14. The van der Waals surface area contributed by atoms with E-state index in [4.69, 9.17) is 11.6 Å². The highest BCUT2D eigenvalue weighted by atomic mass is 35.5. The van der Waals surface area contributed by atoms with Crippen LogP contribution in [0.15, 0.2) is 48.7 Å². The number of hydrogen-bond donors (Lipinski definition) is 2. The zero-order chi connectivity index (χ0) is 19.9. The molecule has 142 valence electrons. The number of aromatic nitrogens is 2. The Bertz CT molecular complexity index is 1090. The van der Waals surface area contributed by atoms with E-state index < -0.39 is 17.1 Å². The molecule has 1 amide bonds. The molecular weight excluding hydrogens is 381 g/mol. The van der Waals surface area contributed by atoms with Gasteiger partial charge in [0.1, 0.15) is 5.82 Å². The second kappa shape index (κ2) is 6.96. The lowest BCUT2D eigenvalue weighted by atomic mass is 9.75. The lowest BCUT2D eigenvalue weighted by molar-refractivity contribution is -0.135. The van der Waals surface area contributed by atoms with Crippen molar-refractivity contribution in [3.8, 4) is 11.4 Å². The number of hydroxylamine groups is 1. The Morgan fingerprint density at radius 3 is 2.75 bits per heavy atom. The molecule has 0 spiro atoms. The summed E-state index contributed by atoms with van der Waals surface area (Å²) in [4.78, 5) is 21.7. The summed E-state index contributed by atoms with van der Waals surface area (Å²) >= 11 is 6.25. The molecule has 2 N–H and O–H groups in total. The van der Waals surface area contributed by atoms with Crippen LogP contribution in [0.5, 0.6) is 0 Å². The summed E-state index contributed by atoms with van der Waals surface area (Å²) in [6.45, 7) is 1.63. The number of nitrogens with zero attached hydrogens (tertiary/aromatic N) is 2. The van der Waals surface area contributed by atoms with Crippen molar-refractivity contribution in [3.63, 3.8) is 0 Å². The molecule has 4 rings (SSSR count). The van der Waals surface area contributed by atoms with Gasteiger partial charge in [0.15, 0.2) is 5.82 Å². The minimum absolute atomic E-state index is 0.221. The third-order valence-electron chi connectivity index (χ3n) is 5.35.